The number of ether oxygens (including phenoxy) is 2. The molecule has 0 radical (unpaired) electrons. The molecule has 0 saturated carbocycles. The first kappa shape index (κ1) is 19.4. The number of hydrogen-bond acceptors (Lipinski definition) is 5. The first-order valence-electron chi connectivity index (χ1n) is 9.53. The van der Waals surface area contributed by atoms with E-state index < -0.39 is 0 Å². The van der Waals surface area contributed by atoms with Crippen LogP contribution < -0.4 is 15.0 Å². The molecule has 2 aromatic carbocycles. The Hall–Kier alpha value is -3.87. The molecule has 0 bridgehead atoms. The van der Waals surface area contributed by atoms with Crippen LogP contribution in [0.15, 0.2) is 71.9 Å². The number of imidazole rings is 1. The summed E-state index contributed by atoms with van der Waals surface area (Å²) in [4.78, 5) is 16.8. The fraction of sp³-hybridized carbons (Fsp3) is 0.174. The minimum atomic E-state index is -0.267. The molecule has 0 aliphatic carbocycles. The molecule has 0 aliphatic heterocycles. The number of benzene rings is 2. The standard InChI is InChI=1S/C23H22N4O3/c1-16-11-19(9-10-20(16)26-13-17(2)24-15-26)30-21-12-22(28)27(25-23(21)29-3)14-18-7-5-4-6-8-18/h4-13,15H,14H2,1-3H3. The molecule has 4 aromatic rings. The number of methoxy groups -OCH3 is 1. The van der Waals surface area contributed by atoms with Crippen LogP contribution in [0.4, 0.5) is 0 Å². The van der Waals surface area contributed by atoms with Crippen LogP contribution in [0.2, 0.25) is 0 Å². The minimum absolute atomic E-state index is 0.248. The molecule has 0 aliphatic rings. The van der Waals surface area contributed by atoms with Crippen molar-refractivity contribution in [3.8, 4) is 23.1 Å². The van der Waals surface area contributed by atoms with Crippen LogP contribution in [0.25, 0.3) is 5.69 Å². The monoisotopic (exact) mass is 402 g/mol. The Kier molecular flexibility index (Phi) is 5.34. The largest absolute Gasteiger partial charge is 0.477 e. The Morgan fingerprint density at radius 1 is 1.03 bits per heavy atom. The average molecular weight is 402 g/mol. The van der Waals surface area contributed by atoms with E-state index in [0.29, 0.717) is 12.3 Å². The molecule has 152 valence electrons. The molecule has 0 spiro atoms. The summed E-state index contributed by atoms with van der Waals surface area (Å²) in [5.41, 5.74) is 3.67. The van der Waals surface area contributed by atoms with E-state index in [0.717, 1.165) is 22.5 Å². The maximum Gasteiger partial charge on any atom is 0.274 e. The first-order valence-corrected chi connectivity index (χ1v) is 9.53. The molecule has 2 aromatic heterocycles. The third kappa shape index (κ3) is 4.10. The molecule has 7 heteroatoms. The molecule has 2 heterocycles. The first-order chi connectivity index (χ1) is 14.5. The second-order valence-electron chi connectivity index (χ2n) is 6.97. The molecule has 0 atom stereocenters. The van der Waals surface area contributed by atoms with Gasteiger partial charge in [-0.15, -0.1) is 5.10 Å². The van der Waals surface area contributed by atoms with E-state index in [1.54, 1.807) is 6.33 Å². The summed E-state index contributed by atoms with van der Waals surface area (Å²) < 4.78 is 14.6. The van der Waals surface area contributed by atoms with Crippen molar-refractivity contribution >= 4 is 0 Å². The Balaban J connectivity index is 1.60. The SMILES string of the molecule is COc1nn(Cc2ccccc2)c(=O)cc1Oc1ccc(-n2cnc(C)c2)c(C)c1. The lowest BCUT2D eigenvalue weighted by atomic mass is 10.2. The summed E-state index contributed by atoms with van der Waals surface area (Å²) in [6.07, 6.45) is 3.74. The average Bonchev–Trinajstić information content (AvgIpc) is 3.17. The van der Waals surface area contributed by atoms with Gasteiger partial charge in [-0.2, -0.15) is 0 Å². The van der Waals surface area contributed by atoms with Crippen molar-refractivity contribution < 1.29 is 9.47 Å². The zero-order valence-corrected chi connectivity index (χ0v) is 17.1. The fourth-order valence-corrected chi connectivity index (χ4v) is 3.20. The number of hydrogen-bond donors (Lipinski definition) is 0. The lowest BCUT2D eigenvalue weighted by Gasteiger charge is -2.13. The van der Waals surface area contributed by atoms with Gasteiger partial charge in [-0.25, -0.2) is 9.67 Å². The van der Waals surface area contributed by atoms with Gasteiger partial charge in [0.15, 0.2) is 5.75 Å². The summed E-state index contributed by atoms with van der Waals surface area (Å²) >= 11 is 0. The summed E-state index contributed by atoms with van der Waals surface area (Å²) in [6.45, 7) is 4.29. The summed E-state index contributed by atoms with van der Waals surface area (Å²) in [7, 11) is 1.50. The highest BCUT2D eigenvalue weighted by molar-refractivity contribution is 5.47. The van der Waals surface area contributed by atoms with Gasteiger partial charge < -0.3 is 14.0 Å². The van der Waals surface area contributed by atoms with E-state index in [4.69, 9.17) is 9.47 Å². The van der Waals surface area contributed by atoms with Gasteiger partial charge in [0.05, 0.1) is 31.7 Å². The van der Waals surface area contributed by atoms with Crippen molar-refractivity contribution in [2.24, 2.45) is 0 Å². The van der Waals surface area contributed by atoms with Gasteiger partial charge in [-0.1, -0.05) is 30.3 Å². The van der Waals surface area contributed by atoms with Crippen molar-refractivity contribution in [2.75, 3.05) is 7.11 Å². The van der Waals surface area contributed by atoms with Gasteiger partial charge in [0.25, 0.3) is 11.4 Å². The Morgan fingerprint density at radius 3 is 2.50 bits per heavy atom. The van der Waals surface area contributed by atoms with Crippen LogP contribution >= 0.6 is 0 Å². The molecule has 4 rings (SSSR count). The van der Waals surface area contributed by atoms with E-state index in [9.17, 15) is 4.79 Å². The molecule has 0 saturated heterocycles. The third-order valence-electron chi connectivity index (χ3n) is 4.69. The number of aromatic nitrogens is 4. The molecular weight excluding hydrogens is 380 g/mol. The van der Waals surface area contributed by atoms with Crippen molar-refractivity contribution in [1.82, 2.24) is 19.3 Å². The van der Waals surface area contributed by atoms with E-state index in [2.05, 4.69) is 10.1 Å². The quantitative estimate of drug-likeness (QED) is 0.489. The third-order valence-corrected chi connectivity index (χ3v) is 4.69. The van der Waals surface area contributed by atoms with Crippen LogP contribution in [0.5, 0.6) is 17.4 Å². The maximum absolute atomic E-state index is 12.6. The molecule has 0 fully saturated rings. The second-order valence-corrected chi connectivity index (χ2v) is 6.97. The zero-order valence-electron chi connectivity index (χ0n) is 17.1. The Bertz CT molecular complexity index is 1230. The van der Waals surface area contributed by atoms with Gasteiger partial charge in [0.1, 0.15) is 5.75 Å². The lowest BCUT2D eigenvalue weighted by Crippen LogP contribution is -2.23. The van der Waals surface area contributed by atoms with E-state index in [-0.39, 0.29) is 17.2 Å². The molecular formula is C23H22N4O3. The molecule has 7 nitrogen and oxygen atoms in total. The highest BCUT2D eigenvalue weighted by Crippen LogP contribution is 2.30. The summed E-state index contributed by atoms with van der Waals surface area (Å²) in [6, 6.07) is 16.7. The molecule has 30 heavy (non-hydrogen) atoms. The highest BCUT2D eigenvalue weighted by atomic mass is 16.5. The number of nitrogens with zero attached hydrogens (tertiary/aromatic N) is 4. The van der Waals surface area contributed by atoms with E-state index in [1.807, 2.05) is 73.1 Å². The van der Waals surface area contributed by atoms with Crippen LogP contribution in [0.1, 0.15) is 16.8 Å². The van der Waals surface area contributed by atoms with Gasteiger partial charge in [0.2, 0.25) is 0 Å². The van der Waals surface area contributed by atoms with Crippen LogP contribution in [-0.2, 0) is 6.54 Å². The predicted molar refractivity (Wildman–Crippen MR) is 114 cm³/mol. The fourth-order valence-electron chi connectivity index (χ4n) is 3.20. The number of aryl methyl sites for hydroxylation is 2. The molecule has 0 amide bonds. The zero-order chi connectivity index (χ0) is 21.1. The van der Waals surface area contributed by atoms with Crippen molar-refractivity contribution in [2.45, 2.75) is 20.4 Å². The normalized spacial score (nSPS) is 10.8. The van der Waals surface area contributed by atoms with E-state index >= 15 is 0 Å². The summed E-state index contributed by atoms with van der Waals surface area (Å²) in [5.74, 6) is 1.11. The summed E-state index contributed by atoms with van der Waals surface area (Å²) in [5, 5.41) is 4.32. The van der Waals surface area contributed by atoms with Crippen molar-refractivity contribution in [1.29, 1.82) is 0 Å². The van der Waals surface area contributed by atoms with Gasteiger partial charge in [-0.05, 0) is 43.2 Å². The Morgan fingerprint density at radius 2 is 1.83 bits per heavy atom. The Labute approximate surface area is 174 Å². The van der Waals surface area contributed by atoms with Crippen LogP contribution in [0, 0.1) is 13.8 Å². The molecule has 0 unspecified atom stereocenters. The van der Waals surface area contributed by atoms with Crippen molar-refractivity contribution in [3.63, 3.8) is 0 Å². The second kappa shape index (κ2) is 8.24. The predicted octanol–water partition coefficient (Wildman–Crippen LogP) is 3.90. The smallest absolute Gasteiger partial charge is 0.274 e. The van der Waals surface area contributed by atoms with E-state index in [1.165, 1.54) is 17.9 Å². The minimum Gasteiger partial charge on any atom is -0.477 e. The maximum atomic E-state index is 12.6. The molecule has 0 N–H and O–H groups in total. The van der Waals surface area contributed by atoms with Gasteiger partial charge >= 0.3 is 0 Å². The lowest BCUT2D eigenvalue weighted by molar-refractivity contribution is 0.346. The van der Waals surface area contributed by atoms with Gasteiger partial charge in [-0.3, -0.25) is 4.79 Å². The van der Waals surface area contributed by atoms with Crippen LogP contribution in [0.3, 0.4) is 0 Å². The number of rotatable bonds is 6. The van der Waals surface area contributed by atoms with Gasteiger partial charge in [0, 0.05) is 11.9 Å². The highest BCUT2D eigenvalue weighted by Gasteiger charge is 2.13. The van der Waals surface area contributed by atoms with Crippen molar-refractivity contribution in [3.05, 3.63) is 94.3 Å². The topological polar surface area (TPSA) is 71.2 Å². The van der Waals surface area contributed by atoms with Crippen LogP contribution in [-0.4, -0.2) is 26.4 Å².